The Kier molecular flexibility index (Phi) is 6.57. The maximum absolute atomic E-state index is 13.8. The van der Waals surface area contributed by atoms with Crippen LogP contribution < -0.4 is 9.47 Å². The van der Waals surface area contributed by atoms with Crippen molar-refractivity contribution in [3.05, 3.63) is 59.4 Å². The maximum atomic E-state index is 13.8. The summed E-state index contributed by atoms with van der Waals surface area (Å²) < 4.78 is 25.2. The number of hydrogen-bond acceptors (Lipinski definition) is 5. The Labute approximate surface area is 167 Å². The lowest BCUT2D eigenvalue weighted by Gasteiger charge is -2.15. The Bertz CT molecular complexity index is 873. The highest BCUT2D eigenvalue weighted by Gasteiger charge is 2.38. The van der Waals surface area contributed by atoms with Gasteiger partial charge in [0.05, 0.1) is 11.9 Å². The van der Waals surface area contributed by atoms with Crippen LogP contribution in [0.2, 0.25) is 0 Å². The molecule has 0 saturated carbocycles. The minimum absolute atomic E-state index is 0.0863. The van der Waals surface area contributed by atoms with Crippen molar-refractivity contribution >= 4 is 22.9 Å². The van der Waals surface area contributed by atoms with E-state index in [1.54, 1.807) is 31.2 Å². The predicted octanol–water partition coefficient (Wildman–Crippen LogP) is 4.43. The molecule has 148 valence electrons. The number of nitrogens with zero attached hydrogens (tertiary/aromatic N) is 1. The summed E-state index contributed by atoms with van der Waals surface area (Å²) in [7, 11) is 0. The van der Waals surface area contributed by atoms with Crippen LogP contribution in [0.3, 0.4) is 0 Å². The summed E-state index contributed by atoms with van der Waals surface area (Å²) in [6.45, 7) is 4.56. The standard InChI is InChI=1S/C21H22FNO4S/c1-3-23-20(24)19(28-21(23)25)12-14-9-10-17(18(11-14)26-4-2)27-13-15-7-5-6-8-16(15)22/h5-11,19H,3-4,12-13H2,1-2H3/t19-/m0/s1. The molecule has 7 heteroatoms. The van der Waals surface area contributed by atoms with Gasteiger partial charge in [-0.2, -0.15) is 0 Å². The molecule has 0 bridgehead atoms. The molecular weight excluding hydrogens is 381 g/mol. The van der Waals surface area contributed by atoms with E-state index in [1.807, 2.05) is 19.1 Å². The zero-order valence-corrected chi connectivity index (χ0v) is 16.6. The number of ether oxygens (including phenoxy) is 2. The third-order valence-corrected chi connectivity index (χ3v) is 5.47. The van der Waals surface area contributed by atoms with Gasteiger partial charge in [0, 0.05) is 12.1 Å². The van der Waals surface area contributed by atoms with E-state index in [0.717, 1.165) is 17.3 Å². The molecular formula is C21H22FNO4S. The number of carbonyl (C=O) groups excluding carboxylic acids is 2. The fourth-order valence-corrected chi connectivity index (χ4v) is 4.06. The quantitative estimate of drug-likeness (QED) is 0.653. The Morgan fingerprint density at radius 2 is 1.86 bits per heavy atom. The van der Waals surface area contributed by atoms with Gasteiger partial charge < -0.3 is 9.47 Å². The number of amides is 2. The monoisotopic (exact) mass is 403 g/mol. The van der Waals surface area contributed by atoms with Gasteiger partial charge in [-0.3, -0.25) is 14.5 Å². The number of carbonyl (C=O) groups is 2. The van der Waals surface area contributed by atoms with Crippen molar-refractivity contribution < 1.29 is 23.5 Å². The van der Waals surface area contributed by atoms with Crippen molar-refractivity contribution in [2.75, 3.05) is 13.2 Å². The van der Waals surface area contributed by atoms with E-state index in [-0.39, 0.29) is 23.6 Å². The van der Waals surface area contributed by atoms with Gasteiger partial charge in [0.2, 0.25) is 5.91 Å². The van der Waals surface area contributed by atoms with Crippen LogP contribution in [0.4, 0.5) is 9.18 Å². The molecule has 1 atom stereocenters. The zero-order chi connectivity index (χ0) is 20.1. The number of imide groups is 1. The van der Waals surface area contributed by atoms with Gasteiger partial charge in [0.25, 0.3) is 5.24 Å². The van der Waals surface area contributed by atoms with Crippen LogP contribution in [-0.2, 0) is 17.8 Å². The summed E-state index contributed by atoms with van der Waals surface area (Å²) in [6.07, 6.45) is 0.430. The summed E-state index contributed by atoms with van der Waals surface area (Å²) in [5, 5.41) is -0.625. The van der Waals surface area contributed by atoms with Crippen molar-refractivity contribution in [3.63, 3.8) is 0 Å². The van der Waals surface area contributed by atoms with Crippen molar-refractivity contribution in [2.24, 2.45) is 0 Å². The SMILES string of the molecule is CCOc1cc(C[C@@H]2SC(=O)N(CC)C2=O)ccc1OCc1ccccc1F. The molecule has 0 unspecified atom stereocenters. The largest absolute Gasteiger partial charge is 0.490 e. The fourth-order valence-electron chi connectivity index (χ4n) is 2.97. The van der Waals surface area contributed by atoms with E-state index in [2.05, 4.69) is 0 Å². The highest BCUT2D eigenvalue weighted by atomic mass is 32.2. The van der Waals surface area contributed by atoms with E-state index in [1.165, 1.54) is 11.0 Å². The number of thioether (sulfide) groups is 1. The van der Waals surface area contributed by atoms with Gasteiger partial charge in [0.15, 0.2) is 11.5 Å². The second-order valence-corrected chi connectivity index (χ2v) is 7.41. The Morgan fingerprint density at radius 1 is 1.07 bits per heavy atom. The van der Waals surface area contributed by atoms with E-state index < -0.39 is 5.25 Å². The smallest absolute Gasteiger partial charge is 0.289 e. The van der Waals surface area contributed by atoms with Crippen molar-refractivity contribution in [1.29, 1.82) is 0 Å². The van der Waals surface area contributed by atoms with Gasteiger partial charge >= 0.3 is 0 Å². The molecule has 1 fully saturated rings. The lowest BCUT2D eigenvalue weighted by Crippen LogP contribution is -2.31. The van der Waals surface area contributed by atoms with Gasteiger partial charge in [-0.15, -0.1) is 0 Å². The third-order valence-electron chi connectivity index (χ3n) is 4.39. The van der Waals surface area contributed by atoms with Gasteiger partial charge in [-0.1, -0.05) is 36.0 Å². The number of benzene rings is 2. The Morgan fingerprint density at radius 3 is 2.54 bits per heavy atom. The molecule has 0 radical (unpaired) electrons. The van der Waals surface area contributed by atoms with E-state index in [4.69, 9.17) is 9.47 Å². The van der Waals surface area contributed by atoms with Gasteiger partial charge in [0.1, 0.15) is 12.4 Å². The molecule has 2 amide bonds. The molecule has 0 spiro atoms. The first-order valence-electron chi connectivity index (χ1n) is 9.17. The maximum Gasteiger partial charge on any atom is 0.289 e. The fraction of sp³-hybridized carbons (Fsp3) is 0.333. The average Bonchev–Trinajstić information content (AvgIpc) is 2.95. The first-order chi connectivity index (χ1) is 13.5. The molecule has 0 aromatic heterocycles. The Balaban J connectivity index is 1.73. The highest BCUT2D eigenvalue weighted by molar-refractivity contribution is 8.15. The van der Waals surface area contributed by atoms with Gasteiger partial charge in [-0.25, -0.2) is 4.39 Å². The molecule has 2 aromatic rings. The molecule has 28 heavy (non-hydrogen) atoms. The molecule has 1 saturated heterocycles. The molecule has 5 nitrogen and oxygen atoms in total. The summed E-state index contributed by atoms with van der Waals surface area (Å²) in [5.41, 5.74) is 1.33. The molecule has 2 aromatic carbocycles. The van der Waals surface area contributed by atoms with Crippen LogP contribution in [-0.4, -0.2) is 34.4 Å². The molecule has 3 rings (SSSR count). The second kappa shape index (κ2) is 9.10. The molecule has 1 aliphatic rings. The number of rotatable bonds is 8. The topological polar surface area (TPSA) is 55.8 Å². The van der Waals surface area contributed by atoms with Crippen molar-refractivity contribution in [3.8, 4) is 11.5 Å². The van der Waals surface area contributed by atoms with Crippen LogP contribution in [0.5, 0.6) is 11.5 Å². The minimum Gasteiger partial charge on any atom is -0.490 e. The van der Waals surface area contributed by atoms with Crippen LogP contribution in [0.1, 0.15) is 25.0 Å². The third kappa shape index (κ3) is 4.47. The molecule has 0 aliphatic carbocycles. The average molecular weight is 403 g/mol. The van der Waals surface area contributed by atoms with E-state index in [9.17, 15) is 14.0 Å². The van der Waals surface area contributed by atoms with Crippen LogP contribution in [0.25, 0.3) is 0 Å². The lowest BCUT2D eigenvalue weighted by molar-refractivity contribution is -0.126. The van der Waals surface area contributed by atoms with Crippen molar-refractivity contribution in [1.82, 2.24) is 4.90 Å². The number of halogens is 1. The summed E-state index contributed by atoms with van der Waals surface area (Å²) >= 11 is 1.06. The molecule has 1 aliphatic heterocycles. The second-order valence-electron chi connectivity index (χ2n) is 6.25. The van der Waals surface area contributed by atoms with E-state index in [0.29, 0.717) is 36.6 Å². The summed E-state index contributed by atoms with van der Waals surface area (Å²) in [5.74, 6) is 0.560. The lowest BCUT2D eigenvalue weighted by atomic mass is 10.1. The first kappa shape index (κ1) is 20.2. The summed E-state index contributed by atoms with van der Waals surface area (Å²) in [6, 6.07) is 11.9. The van der Waals surface area contributed by atoms with Crippen LogP contribution in [0.15, 0.2) is 42.5 Å². The molecule has 0 N–H and O–H groups in total. The van der Waals surface area contributed by atoms with Crippen LogP contribution >= 0.6 is 11.8 Å². The number of hydrogen-bond donors (Lipinski definition) is 0. The minimum atomic E-state index is -0.424. The van der Waals surface area contributed by atoms with Crippen molar-refractivity contribution in [2.45, 2.75) is 32.1 Å². The normalized spacial score (nSPS) is 16.5. The van der Waals surface area contributed by atoms with E-state index >= 15 is 0 Å². The molecule has 1 heterocycles. The summed E-state index contributed by atoms with van der Waals surface area (Å²) in [4.78, 5) is 25.5. The first-order valence-corrected chi connectivity index (χ1v) is 10.0. The highest BCUT2D eigenvalue weighted by Crippen LogP contribution is 2.33. The van der Waals surface area contributed by atoms with Crippen LogP contribution in [0, 0.1) is 5.82 Å². The zero-order valence-electron chi connectivity index (χ0n) is 15.8. The predicted molar refractivity (Wildman–Crippen MR) is 106 cm³/mol. The Hall–Kier alpha value is -2.54. The van der Waals surface area contributed by atoms with Gasteiger partial charge in [-0.05, 0) is 44.0 Å².